The molecule has 0 saturated carbocycles. The van der Waals surface area contributed by atoms with Crippen molar-refractivity contribution in [3.63, 3.8) is 0 Å². The van der Waals surface area contributed by atoms with Crippen LogP contribution in [0, 0.1) is 0 Å². The third-order valence-electron chi connectivity index (χ3n) is 2.56. The second kappa shape index (κ2) is 6.40. The van der Waals surface area contributed by atoms with Gasteiger partial charge in [-0.1, -0.05) is 36.9 Å². The fraction of sp³-hybridized carbons (Fsp3) is 0.286. The maximum atomic E-state index is 4.40. The van der Waals surface area contributed by atoms with Gasteiger partial charge >= 0.3 is 0 Å². The average Bonchev–Trinajstić information content (AvgIpc) is 2.41. The van der Waals surface area contributed by atoms with Gasteiger partial charge in [-0.05, 0) is 25.5 Å². The highest BCUT2D eigenvalue weighted by atomic mass is 32.2. The Kier molecular flexibility index (Phi) is 4.59. The van der Waals surface area contributed by atoms with E-state index < -0.39 is 0 Å². The van der Waals surface area contributed by atoms with Crippen LogP contribution in [-0.2, 0) is 6.42 Å². The van der Waals surface area contributed by atoms with Crippen molar-refractivity contribution < 1.29 is 0 Å². The lowest BCUT2D eigenvalue weighted by Crippen LogP contribution is -2.05. The molecule has 18 heavy (non-hydrogen) atoms. The zero-order valence-corrected chi connectivity index (χ0v) is 11.5. The summed E-state index contributed by atoms with van der Waals surface area (Å²) in [5.74, 6) is 0.952. The third kappa shape index (κ3) is 3.01. The summed E-state index contributed by atoms with van der Waals surface area (Å²) in [5.41, 5.74) is 1.19. The van der Waals surface area contributed by atoms with Crippen molar-refractivity contribution in [2.75, 3.05) is 11.9 Å². The van der Waals surface area contributed by atoms with Gasteiger partial charge in [0, 0.05) is 17.0 Å². The number of nitrogens with zero attached hydrogens (tertiary/aromatic N) is 2. The van der Waals surface area contributed by atoms with Gasteiger partial charge in [-0.3, -0.25) is 0 Å². The maximum Gasteiger partial charge on any atom is 0.133 e. The lowest BCUT2D eigenvalue weighted by atomic mass is 10.2. The molecule has 0 radical (unpaired) electrons. The molecule has 4 heteroatoms. The minimum Gasteiger partial charge on any atom is -0.370 e. The summed E-state index contributed by atoms with van der Waals surface area (Å²) < 4.78 is 0. The van der Waals surface area contributed by atoms with E-state index in [2.05, 4.69) is 41.3 Å². The van der Waals surface area contributed by atoms with E-state index in [1.807, 2.05) is 18.2 Å². The van der Waals surface area contributed by atoms with Crippen LogP contribution in [0.2, 0.25) is 0 Å². The number of aromatic nitrogens is 2. The van der Waals surface area contributed by atoms with Crippen molar-refractivity contribution in [3.8, 4) is 0 Å². The van der Waals surface area contributed by atoms with Crippen molar-refractivity contribution in [2.45, 2.75) is 30.2 Å². The highest BCUT2D eigenvalue weighted by Crippen LogP contribution is 2.31. The monoisotopic (exact) mass is 259 g/mol. The Morgan fingerprint density at radius 2 is 1.89 bits per heavy atom. The van der Waals surface area contributed by atoms with Crippen molar-refractivity contribution in [3.05, 3.63) is 42.2 Å². The molecule has 0 bridgehead atoms. The quantitative estimate of drug-likeness (QED) is 0.832. The topological polar surface area (TPSA) is 37.8 Å². The Hall–Kier alpha value is -1.55. The van der Waals surface area contributed by atoms with Crippen molar-refractivity contribution >= 4 is 17.6 Å². The van der Waals surface area contributed by atoms with Crippen LogP contribution in [-0.4, -0.2) is 16.5 Å². The van der Waals surface area contributed by atoms with E-state index in [4.69, 9.17) is 0 Å². The maximum absolute atomic E-state index is 4.40. The predicted molar refractivity (Wildman–Crippen MR) is 76.1 cm³/mol. The molecule has 0 aliphatic rings. The van der Waals surface area contributed by atoms with E-state index in [0.717, 1.165) is 23.8 Å². The summed E-state index contributed by atoms with van der Waals surface area (Å²) in [6.45, 7) is 5.08. The van der Waals surface area contributed by atoms with Gasteiger partial charge in [0.2, 0.25) is 0 Å². The molecule has 2 aromatic rings. The molecule has 0 atom stereocenters. The van der Waals surface area contributed by atoms with E-state index in [1.54, 1.807) is 18.1 Å². The van der Waals surface area contributed by atoms with Crippen molar-refractivity contribution in [1.29, 1.82) is 0 Å². The van der Waals surface area contributed by atoms with E-state index in [9.17, 15) is 0 Å². The van der Waals surface area contributed by atoms with Crippen LogP contribution in [0.5, 0.6) is 0 Å². The molecule has 1 N–H and O–H groups in total. The summed E-state index contributed by atoms with van der Waals surface area (Å²) in [4.78, 5) is 9.91. The number of anilines is 1. The lowest BCUT2D eigenvalue weighted by Gasteiger charge is -2.11. The fourth-order valence-corrected chi connectivity index (χ4v) is 2.70. The molecule has 0 saturated heterocycles. The van der Waals surface area contributed by atoms with Gasteiger partial charge in [0.1, 0.15) is 17.2 Å². The van der Waals surface area contributed by atoms with Crippen LogP contribution in [0.1, 0.15) is 19.4 Å². The van der Waals surface area contributed by atoms with E-state index in [0.29, 0.717) is 0 Å². The number of hydrogen-bond donors (Lipinski definition) is 1. The minimum atomic E-state index is 0.874. The molecular weight excluding hydrogens is 242 g/mol. The van der Waals surface area contributed by atoms with Crippen molar-refractivity contribution in [2.24, 2.45) is 0 Å². The Bertz CT molecular complexity index is 500. The molecule has 0 unspecified atom stereocenters. The number of benzene rings is 1. The first-order valence-corrected chi connectivity index (χ1v) is 6.97. The van der Waals surface area contributed by atoms with E-state index in [1.165, 1.54) is 10.5 Å². The van der Waals surface area contributed by atoms with Gasteiger partial charge in [0.05, 0.1) is 0 Å². The third-order valence-corrected chi connectivity index (χ3v) is 3.61. The first-order valence-electron chi connectivity index (χ1n) is 6.15. The average molecular weight is 259 g/mol. The van der Waals surface area contributed by atoms with Crippen LogP contribution in [0.25, 0.3) is 0 Å². The summed E-state index contributed by atoms with van der Waals surface area (Å²) in [6, 6.07) is 10.3. The van der Waals surface area contributed by atoms with Gasteiger partial charge < -0.3 is 5.32 Å². The van der Waals surface area contributed by atoms with Crippen molar-refractivity contribution in [1.82, 2.24) is 9.97 Å². The Morgan fingerprint density at radius 3 is 2.56 bits per heavy atom. The van der Waals surface area contributed by atoms with Crippen LogP contribution < -0.4 is 5.32 Å². The number of hydrogen-bond acceptors (Lipinski definition) is 4. The van der Waals surface area contributed by atoms with Gasteiger partial charge in [-0.25, -0.2) is 9.97 Å². The number of rotatable bonds is 5. The smallest absolute Gasteiger partial charge is 0.133 e. The fourth-order valence-electron chi connectivity index (χ4n) is 1.72. The molecule has 1 aromatic carbocycles. The Labute approximate surface area is 112 Å². The Balaban J connectivity index is 2.30. The second-order valence-electron chi connectivity index (χ2n) is 3.80. The van der Waals surface area contributed by atoms with Crippen LogP contribution >= 0.6 is 11.8 Å². The minimum absolute atomic E-state index is 0.874. The molecule has 0 amide bonds. The predicted octanol–water partition coefficient (Wildman–Crippen LogP) is 3.62. The molecule has 0 fully saturated rings. The zero-order valence-electron chi connectivity index (χ0n) is 10.7. The van der Waals surface area contributed by atoms with Gasteiger partial charge in [0.15, 0.2) is 0 Å². The zero-order chi connectivity index (χ0) is 12.8. The molecule has 3 nitrogen and oxygen atoms in total. The molecule has 0 aliphatic heterocycles. The number of nitrogens with one attached hydrogen (secondary N) is 1. The highest BCUT2D eigenvalue weighted by Gasteiger charge is 2.10. The summed E-state index contributed by atoms with van der Waals surface area (Å²) in [7, 11) is 0. The lowest BCUT2D eigenvalue weighted by molar-refractivity contribution is 0.937. The summed E-state index contributed by atoms with van der Waals surface area (Å²) >= 11 is 1.69. The highest BCUT2D eigenvalue weighted by molar-refractivity contribution is 7.99. The first-order chi connectivity index (χ1) is 8.85. The summed E-state index contributed by atoms with van der Waals surface area (Å²) in [6.07, 6.45) is 2.56. The molecule has 1 heterocycles. The van der Waals surface area contributed by atoms with Crippen LogP contribution in [0.3, 0.4) is 0 Å². The standard InChI is InChI=1S/C14H17N3S/c1-3-12-13(15-4-2)16-10-17-14(12)18-11-8-6-5-7-9-11/h5-10H,3-4H2,1-2H3,(H,15,16,17). The molecule has 0 aliphatic carbocycles. The molecule has 94 valence electrons. The Morgan fingerprint density at radius 1 is 1.11 bits per heavy atom. The SMILES string of the molecule is CCNc1ncnc(Sc2ccccc2)c1CC. The van der Waals surface area contributed by atoms with Crippen LogP contribution in [0.15, 0.2) is 46.6 Å². The molecule has 2 rings (SSSR count). The molecular formula is C14H17N3S. The molecule has 0 spiro atoms. The van der Waals surface area contributed by atoms with Gasteiger partial charge in [-0.15, -0.1) is 0 Å². The second-order valence-corrected chi connectivity index (χ2v) is 4.87. The molecule has 1 aromatic heterocycles. The van der Waals surface area contributed by atoms with Crippen LogP contribution in [0.4, 0.5) is 5.82 Å². The van der Waals surface area contributed by atoms with Gasteiger partial charge in [0.25, 0.3) is 0 Å². The largest absolute Gasteiger partial charge is 0.370 e. The van der Waals surface area contributed by atoms with E-state index >= 15 is 0 Å². The summed E-state index contributed by atoms with van der Waals surface area (Å²) in [5, 5.41) is 4.33. The van der Waals surface area contributed by atoms with E-state index in [-0.39, 0.29) is 0 Å². The normalized spacial score (nSPS) is 10.3. The van der Waals surface area contributed by atoms with Gasteiger partial charge in [-0.2, -0.15) is 0 Å². The first kappa shape index (κ1) is 12.9.